The van der Waals surface area contributed by atoms with Crippen LogP contribution in [0.1, 0.15) is 40.5 Å². The van der Waals surface area contributed by atoms with E-state index in [0.717, 1.165) is 0 Å². The highest BCUT2D eigenvalue weighted by Gasteiger charge is 2.16. The number of allylic oxidation sites excluding steroid dienone is 4. The van der Waals surface area contributed by atoms with Crippen LogP contribution in [0.15, 0.2) is 23.8 Å². The first kappa shape index (κ1) is 9.44. The van der Waals surface area contributed by atoms with Gasteiger partial charge < -0.3 is 0 Å². The maximum absolute atomic E-state index is 2.35. The van der Waals surface area contributed by atoms with E-state index in [1.165, 1.54) is 24.3 Å². The highest BCUT2D eigenvalue weighted by atomic mass is 14.3. The van der Waals surface area contributed by atoms with Crippen molar-refractivity contribution in [1.29, 1.82) is 0 Å². The molecule has 0 spiro atoms. The largest absolute Gasteiger partial charge is 0.180 e. The fourth-order valence-corrected chi connectivity index (χ4v) is 1.68. The minimum Gasteiger partial charge on any atom is -0.180 e. The molecule has 0 fully saturated rings. The fraction of sp³-hybridized carbons (Fsp3) is 0.583. The van der Waals surface area contributed by atoms with Gasteiger partial charge in [-0.1, -0.05) is 46.0 Å². The van der Waals surface area contributed by atoms with Crippen LogP contribution >= 0.6 is 0 Å². The Morgan fingerprint density at radius 3 is 2.50 bits per heavy atom. The third kappa shape index (κ3) is 2.17. The van der Waals surface area contributed by atoms with Crippen LogP contribution in [0.2, 0.25) is 0 Å². The van der Waals surface area contributed by atoms with Crippen molar-refractivity contribution in [2.75, 3.05) is 0 Å². The Bertz CT molecular complexity index is 201. The third-order valence-corrected chi connectivity index (χ3v) is 2.30. The molecule has 0 heteroatoms. The van der Waals surface area contributed by atoms with Gasteiger partial charge in [-0.3, -0.25) is 0 Å². The van der Waals surface area contributed by atoms with Gasteiger partial charge in [-0.25, -0.2) is 0 Å². The van der Waals surface area contributed by atoms with Crippen molar-refractivity contribution >= 4 is 0 Å². The molecule has 0 nitrogen and oxygen atoms in total. The van der Waals surface area contributed by atoms with Gasteiger partial charge in [0.2, 0.25) is 0 Å². The average Bonchev–Trinajstić information content (AvgIpc) is 2.11. The maximum Gasteiger partial charge on any atom is -0.0582 e. The molecular formula is C12H19-. The third-order valence-electron chi connectivity index (χ3n) is 2.30. The zero-order valence-electron chi connectivity index (χ0n) is 8.65. The van der Waals surface area contributed by atoms with Gasteiger partial charge in [-0.05, 0) is 0 Å². The minimum atomic E-state index is 0.293. The Morgan fingerprint density at radius 2 is 1.92 bits per heavy atom. The molecule has 0 aromatic rings. The van der Waals surface area contributed by atoms with Crippen LogP contribution in [-0.4, -0.2) is 0 Å². The topological polar surface area (TPSA) is 0 Å². The summed E-state index contributed by atoms with van der Waals surface area (Å²) >= 11 is 0. The van der Waals surface area contributed by atoms with Crippen LogP contribution in [0.25, 0.3) is 0 Å². The second-order valence-electron chi connectivity index (χ2n) is 4.53. The van der Waals surface area contributed by atoms with Crippen molar-refractivity contribution in [3.05, 3.63) is 29.7 Å². The maximum atomic E-state index is 2.35. The van der Waals surface area contributed by atoms with Gasteiger partial charge in [-0.15, -0.1) is 5.92 Å². The summed E-state index contributed by atoms with van der Waals surface area (Å²) in [5.74, 6) is 1.49. The van der Waals surface area contributed by atoms with E-state index in [9.17, 15) is 0 Å². The smallest absolute Gasteiger partial charge is 0.0582 e. The molecule has 1 aliphatic carbocycles. The first-order valence-electron chi connectivity index (χ1n) is 4.73. The average molecular weight is 163 g/mol. The number of hydrogen-bond acceptors (Lipinski definition) is 0. The summed E-state index contributed by atoms with van der Waals surface area (Å²) < 4.78 is 0. The molecule has 0 bridgehead atoms. The standard InChI is InChI=1S/C12H19/c1-10-8-6-5-7-9-11(10)12(2,3)4/h7-9H,5-6H2,1-4H3/q-1. The molecule has 0 atom stereocenters. The normalized spacial score (nSPS) is 19.0. The van der Waals surface area contributed by atoms with E-state index in [1.54, 1.807) is 0 Å². The summed E-state index contributed by atoms with van der Waals surface area (Å²) in [6, 6.07) is 0. The van der Waals surface area contributed by atoms with Gasteiger partial charge in [0.15, 0.2) is 0 Å². The lowest BCUT2D eigenvalue weighted by Crippen LogP contribution is -2.16. The quantitative estimate of drug-likeness (QED) is 0.475. The van der Waals surface area contributed by atoms with Crippen molar-refractivity contribution < 1.29 is 0 Å². The molecule has 0 heterocycles. The Morgan fingerprint density at radius 1 is 1.25 bits per heavy atom. The van der Waals surface area contributed by atoms with Crippen molar-refractivity contribution in [3.63, 3.8) is 0 Å². The van der Waals surface area contributed by atoms with Gasteiger partial charge in [0.1, 0.15) is 0 Å². The molecule has 68 valence electrons. The molecule has 12 heavy (non-hydrogen) atoms. The van der Waals surface area contributed by atoms with Crippen molar-refractivity contribution in [2.45, 2.75) is 40.5 Å². The molecule has 0 aliphatic heterocycles. The molecule has 0 aromatic carbocycles. The van der Waals surface area contributed by atoms with Gasteiger partial charge >= 0.3 is 0 Å². The van der Waals surface area contributed by atoms with Crippen LogP contribution in [0.5, 0.6) is 0 Å². The summed E-state index contributed by atoms with van der Waals surface area (Å²) in [7, 11) is 0. The summed E-state index contributed by atoms with van der Waals surface area (Å²) in [4.78, 5) is 0. The molecule has 0 radical (unpaired) electrons. The van der Waals surface area contributed by atoms with Gasteiger partial charge in [0.05, 0.1) is 0 Å². The van der Waals surface area contributed by atoms with E-state index in [2.05, 4.69) is 45.9 Å². The van der Waals surface area contributed by atoms with E-state index in [1.807, 2.05) is 0 Å². The number of rotatable bonds is 0. The predicted octanol–water partition coefficient (Wildman–Crippen LogP) is 3.90. The first-order valence-corrected chi connectivity index (χ1v) is 4.73. The summed E-state index contributed by atoms with van der Waals surface area (Å²) in [6.07, 6.45) is 9.31. The summed E-state index contributed by atoms with van der Waals surface area (Å²) in [5.41, 5.74) is 1.75. The van der Waals surface area contributed by atoms with Crippen molar-refractivity contribution in [2.24, 2.45) is 5.41 Å². The Hall–Kier alpha value is -0.650. The second kappa shape index (κ2) is 3.38. The highest BCUT2D eigenvalue weighted by molar-refractivity contribution is 5.36. The van der Waals surface area contributed by atoms with Crippen molar-refractivity contribution in [3.8, 4) is 0 Å². The lowest BCUT2D eigenvalue weighted by atomic mass is 9.77. The lowest BCUT2D eigenvalue weighted by molar-refractivity contribution is 0.465. The van der Waals surface area contributed by atoms with Gasteiger partial charge in [-0.2, -0.15) is 23.8 Å². The Labute approximate surface area is 76.4 Å². The van der Waals surface area contributed by atoms with Gasteiger partial charge in [0, 0.05) is 0 Å². The van der Waals surface area contributed by atoms with E-state index in [0.29, 0.717) is 5.41 Å². The fourth-order valence-electron chi connectivity index (χ4n) is 1.68. The molecule has 1 rings (SSSR count). The van der Waals surface area contributed by atoms with Crippen LogP contribution in [0.4, 0.5) is 0 Å². The van der Waals surface area contributed by atoms with Crippen LogP contribution in [-0.2, 0) is 0 Å². The van der Waals surface area contributed by atoms with Gasteiger partial charge in [0.25, 0.3) is 0 Å². The van der Waals surface area contributed by atoms with E-state index >= 15 is 0 Å². The zero-order valence-corrected chi connectivity index (χ0v) is 8.65. The summed E-state index contributed by atoms with van der Waals surface area (Å²) in [6.45, 7) is 9.04. The van der Waals surface area contributed by atoms with Crippen molar-refractivity contribution in [1.82, 2.24) is 0 Å². The highest BCUT2D eigenvalue weighted by Crippen LogP contribution is 2.36. The molecule has 0 N–H and O–H groups in total. The zero-order chi connectivity index (χ0) is 9.19. The van der Waals surface area contributed by atoms with E-state index in [4.69, 9.17) is 0 Å². The van der Waals surface area contributed by atoms with Crippen LogP contribution in [0.3, 0.4) is 0 Å². The SMILES string of the molecule is CC1=CCCC=C[C-]1C(C)(C)C. The lowest BCUT2D eigenvalue weighted by Gasteiger charge is -2.35. The van der Waals surface area contributed by atoms with Crippen LogP contribution < -0.4 is 0 Å². The molecule has 0 unspecified atom stereocenters. The van der Waals surface area contributed by atoms with E-state index in [-0.39, 0.29) is 0 Å². The van der Waals surface area contributed by atoms with E-state index < -0.39 is 0 Å². The molecule has 0 aromatic heterocycles. The molecule has 0 saturated carbocycles. The summed E-state index contributed by atoms with van der Waals surface area (Å²) in [5, 5.41) is 0. The minimum absolute atomic E-state index is 0.293. The number of hydrogen-bond donors (Lipinski definition) is 0. The Kier molecular flexibility index (Phi) is 2.66. The Balaban J connectivity index is 2.86. The molecule has 1 aliphatic rings. The molecular weight excluding hydrogens is 144 g/mol. The monoisotopic (exact) mass is 163 g/mol. The predicted molar refractivity (Wildman–Crippen MR) is 54.8 cm³/mol. The molecule has 0 amide bonds. The van der Waals surface area contributed by atoms with Crippen LogP contribution in [0, 0.1) is 11.3 Å². The first-order chi connectivity index (χ1) is 5.52. The molecule has 0 saturated heterocycles. The second-order valence-corrected chi connectivity index (χ2v) is 4.53.